The van der Waals surface area contributed by atoms with E-state index in [2.05, 4.69) is 30.8 Å². The van der Waals surface area contributed by atoms with E-state index >= 15 is 0 Å². The normalized spacial score (nSPS) is 17.7. The van der Waals surface area contributed by atoms with Crippen LogP contribution in [-0.4, -0.2) is 6.61 Å². The lowest BCUT2D eigenvalue weighted by molar-refractivity contribution is 0.312. The van der Waals surface area contributed by atoms with Crippen molar-refractivity contribution in [2.24, 2.45) is 5.92 Å². The molecule has 0 saturated heterocycles. The van der Waals surface area contributed by atoms with Gasteiger partial charge in [-0.05, 0) is 105 Å². The molecular weight excluding hydrogens is 457 g/mol. The summed E-state index contributed by atoms with van der Waals surface area (Å²) in [7, 11) is 0. The molecule has 0 radical (unpaired) electrons. The van der Waals surface area contributed by atoms with Crippen LogP contribution in [0.2, 0.25) is 0 Å². The fourth-order valence-corrected chi connectivity index (χ4v) is 5.32. The second kappa shape index (κ2) is 12.3. The Balaban J connectivity index is 1.35. The van der Waals surface area contributed by atoms with E-state index in [0.717, 1.165) is 24.3 Å². The van der Waals surface area contributed by atoms with Gasteiger partial charge in [0, 0.05) is 11.1 Å². The van der Waals surface area contributed by atoms with Crippen molar-refractivity contribution in [1.82, 2.24) is 0 Å². The summed E-state index contributed by atoms with van der Waals surface area (Å²) in [4.78, 5) is 0. The molecule has 0 amide bonds. The molecule has 3 aromatic rings. The summed E-state index contributed by atoms with van der Waals surface area (Å²) >= 11 is 0. The van der Waals surface area contributed by atoms with Crippen LogP contribution in [0.25, 0.3) is 11.1 Å². The maximum atomic E-state index is 14.9. The Morgan fingerprint density at radius 1 is 0.833 bits per heavy atom. The predicted molar refractivity (Wildman–Crippen MR) is 141 cm³/mol. The summed E-state index contributed by atoms with van der Waals surface area (Å²) in [5.41, 5.74) is 3.39. The summed E-state index contributed by atoms with van der Waals surface area (Å²) < 4.78 is 48.7. The minimum absolute atomic E-state index is 0.0433. The van der Waals surface area contributed by atoms with Crippen molar-refractivity contribution >= 4 is 0 Å². The standard InChI is InChI=1S/C32H35F3O/c1-3-5-6-22-9-14-25(15-10-22)26-16-11-23(12-17-26)7-8-24-13-18-27(29(33)21-24)28-19-20-30(36-4-2)32(35)31(28)34/h3,11-13,16-22,25H,1,4-10,14-15H2,2H3. The topological polar surface area (TPSA) is 9.23 Å². The van der Waals surface area contributed by atoms with Crippen molar-refractivity contribution < 1.29 is 17.9 Å². The molecule has 1 aliphatic carbocycles. The lowest BCUT2D eigenvalue weighted by Crippen LogP contribution is -2.13. The third kappa shape index (κ3) is 6.21. The van der Waals surface area contributed by atoms with Crippen molar-refractivity contribution in [1.29, 1.82) is 0 Å². The van der Waals surface area contributed by atoms with E-state index < -0.39 is 17.5 Å². The molecule has 4 heteroatoms. The van der Waals surface area contributed by atoms with Gasteiger partial charge in [0.25, 0.3) is 0 Å². The summed E-state index contributed by atoms with van der Waals surface area (Å²) in [6.45, 7) is 5.75. The molecule has 0 aromatic heterocycles. The third-order valence-corrected chi connectivity index (χ3v) is 7.45. The van der Waals surface area contributed by atoms with E-state index in [1.807, 2.05) is 6.08 Å². The van der Waals surface area contributed by atoms with E-state index in [0.29, 0.717) is 12.3 Å². The average molecular weight is 493 g/mol. The minimum atomic E-state index is -1.10. The Kier molecular flexibility index (Phi) is 8.90. The monoisotopic (exact) mass is 492 g/mol. The molecule has 1 nitrogen and oxygen atoms in total. The molecule has 4 rings (SSSR count). The number of hydrogen-bond donors (Lipinski definition) is 0. The van der Waals surface area contributed by atoms with Gasteiger partial charge in [0.2, 0.25) is 5.82 Å². The van der Waals surface area contributed by atoms with E-state index in [-0.39, 0.29) is 23.5 Å². The fraction of sp³-hybridized carbons (Fsp3) is 0.375. The highest BCUT2D eigenvalue weighted by atomic mass is 19.2. The molecule has 0 N–H and O–H groups in total. The zero-order chi connectivity index (χ0) is 25.5. The Bertz CT molecular complexity index is 1160. The molecule has 1 saturated carbocycles. The number of allylic oxidation sites excluding steroid dienone is 1. The van der Waals surface area contributed by atoms with Crippen molar-refractivity contribution in [3.63, 3.8) is 0 Å². The Morgan fingerprint density at radius 2 is 1.50 bits per heavy atom. The molecular formula is C32H35F3O. The van der Waals surface area contributed by atoms with Crippen molar-refractivity contribution in [2.75, 3.05) is 6.61 Å². The molecule has 0 spiro atoms. The summed E-state index contributed by atoms with van der Waals surface area (Å²) in [5, 5.41) is 0. The first-order chi connectivity index (χ1) is 17.5. The van der Waals surface area contributed by atoms with Crippen LogP contribution in [0.3, 0.4) is 0 Å². The molecule has 190 valence electrons. The van der Waals surface area contributed by atoms with Crippen LogP contribution < -0.4 is 4.74 Å². The van der Waals surface area contributed by atoms with Crippen molar-refractivity contribution in [3.8, 4) is 16.9 Å². The van der Waals surface area contributed by atoms with Crippen LogP contribution >= 0.6 is 0 Å². The fourth-order valence-electron chi connectivity index (χ4n) is 5.32. The van der Waals surface area contributed by atoms with Gasteiger partial charge in [-0.25, -0.2) is 8.78 Å². The van der Waals surface area contributed by atoms with Gasteiger partial charge < -0.3 is 4.74 Å². The van der Waals surface area contributed by atoms with Gasteiger partial charge in [0.1, 0.15) is 5.82 Å². The maximum absolute atomic E-state index is 14.9. The van der Waals surface area contributed by atoms with Gasteiger partial charge in [-0.15, -0.1) is 6.58 Å². The number of halogens is 3. The first-order valence-electron chi connectivity index (χ1n) is 13.1. The third-order valence-electron chi connectivity index (χ3n) is 7.45. The smallest absolute Gasteiger partial charge is 0.201 e. The van der Waals surface area contributed by atoms with Gasteiger partial charge in [-0.3, -0.25) is 0 Å². The predicted octanol–water partition coefficient (Wildman–Crippen LogP) is 9.19. The SMILES string of the molecule is C=CCCC1CCC(c2ccc(CCc3ccc(-c4ccc(OCC)c(F)c4F)c(F)c3)cc2)CC1. The number of aryl methyl sites for hydroxylation is 2. The largest absolute Gasteiger partial charge is 0.491 e. The van der Waals surface area contributed by atoms with Crippen LogP contribution in [0.5, 0.6) is 5.75 Å². The molecule has 0 unspecified atom stereocenters. The molecule has 0 atom stereocenters. The zero-order valence-electron chi connectivity index (χ0n) is 21.0. The number of benzene rings is 3. The van der Waals surface area contributed by atoms with Crippen LogP contribution in [0.15, 0.2) is 67.3 Å². The van der Waals surface area contributed by atoms with E-state index in [4.69, 9.17) is 4.74 Å². The highest BCUT2D eigenvalue weighted by Gasteiger charge is 2.22. The van der Waals surface area contributed by atoms with Gasteiger partial charge in [0.05, 0.1) is 6.61 Å². The maximum Gasteiger partial charge on any atom is 0.201 e. The van der Waals surface area contributed by atoms with E-state index in [9.17, 15) is 13.2 Å². The molecule has 1 aliphatic rings. The number of ether oxygens (including phenoxy) is 1. The van der Waals surface area contributed by atoms with Gasteiger partial charge in [-0.2, -0.15) is 4.39 Å². The first kappa shape index (κ1) is 26.1. The zero-order valence-corrected chi connectivity index (χ0v) is 21.0. The minimum Gasteiger partial charge on any atom is -0.491 e. The highest BCUT2D eigenvalue weighted by molar-refractivity contribution is 5.66. The highest BCUT2D eigenvalue weighted by Crippen LogP contribution is 2.37. The summed E-state index contributed by atoms with van der Waals surface area (Å²) in [6.07, 6.45) is 11.0. The van der Waals surface area contributed by atoms with Crippen molar-refractivity contribution in [2.45, 2.75) is 64.2 Å². The Labute approximate surface area is 213 Å². The average Bonchev–Trinajstić information content (AvgIpc) is 2.90. The Hall–Kier alpha value is -3.01. The lowest BCUT2D eigenvalue weighted by Gasteiger charge is -2.28. The Morgan fingerprint density at radius 3 is 2.17 bits per heavy atom. The van der Waals surface area contributed by atoms with Gasteiger partial charge in [-0.1, -0.05) is 42.5 Å². The second-order valence-corrected chi connectivity index (χ2v) is 9.81. The summed E-state index contributed by atoms with van der Waals surface area (Å²) in [6, 6.07) is 16.3. The van der Waals surface area contributed by atoms with Crippen LogP contribution in [0, 0.1) is 23.4 Å². The van der Waals surface area contributed by atoms with Crippen LogP contribution in [0.4, 0.5) is 13.2 Å². The van der Waals surface area contributed by atoms with Crippen LogP contribution in [-0.2, 0) is 12.8 Å². The van der Waals surface area contributed by atoms with E-state index in [1.165, 1.54) is 67.5 Å². The number of hydrogen-bond acceptors (Lipinski definition) is 1. The molecule has 0 aliphatic heterocycles. The van der Waals surface area contributed by atoms with Gasteiger partial charge in [0.15, 0.2) is 11.6 Å². The van der Waals surface area contributed by atoms with Crippen molar-refractivity contribution in [3.05, 3.63) is 101 Å². The molecule has 0 bridgehead atoms. The second-order valence-electron chi connectivity index (χ2n) is 9.81. The summed E-state index contributed by atoms with van der Waals surface area (Å²) in [5.74, 6) is -1.43. The molecule has 1 fully saturated rings. The molecule has 0 heterocycles. The molecule has 3 aromatic carbocycles. The van der Waals surface area contributed by atoms with Crippen LogP contribution in [0.1, 0.15) is 68.1 Å². The lowest BCUT2D eigenvalue weighted by atomic mass is 9.77. The van der Waals surface area contributed by atoms with Gasteiger partial charge >= 0.3 is 0 Å². The quantitative estimate of drug-likeness (QED) is 0.256. The van der Waals surface area contributed by atoms with E-state index in [1.54, 1.807) is 13.0 Å². The number of rotatable bonds is 10. The first-order valence-corrected chi connectivity index (χ1v) is 13.1. The molecule has 36 heavy (non-hydrogen) atoms.